The highest BCUT2D eigenvalue weighted by Crippen LogP contribution is 2.12. The van der Waals surface area contributed by atoms with E-state index in [4.69, 9.17) is 4.99 Å². The summed E-state index contributed by atoms with van der Waals surface area (Å²) < 4.78 is 0. The normalized spacial score (nSPS) is 17.8. The lowest BCUT2D eigenvalue weighted by atomic mass is 10.1. The van der Waals surface area contributed by atoms with Gasteiger partial charge in [-0.1, -0.05) is 13.3 Å². The first-order chi connectivity index (χ1) is 11.6. The zero-order valence-corrected chi connectivity index (χ0v) is 16.5. The lowest BCUT2D eigenvalue weighted by Crippen LogP contribution is -2.39. The summed E-state index contributed by atoms with van der Waals surface area (Å²) in [6, 6.07) is 0. The second kappa shape index (κ2) is 9.99. The van der Waals surface area contributed by atoms with Crippen molar-refractivity contribution in [2.75, 3.05) is 39.8 Å². The van der Waals surface area contributed by atoms with E-state index in [1.807, 2.05) is 0 Å². The van der Waals surface area contributed by atoms with Gasteiger partial charge in [-0.2, -0.15) is 0 Å². The van der Waals surface area contributed by atoms with Gasteiger partial charge in [-0.15, -0.1) is 11.3 Å². The molecule has 1 aromatic rings. The van der Waals surface area contributed by atoms with Gasteiger partial charge in [0.1, 0.15) is 0 Å². The topological polar surface area (TPSA) is 43.8 Å². The molecule has 1 aliphatic heterocycles. The van der Waals surface area contributed by atoms with E-state index in [-0.39, 0.29) is 0 Å². The van der Waals surface area contributed by atoms with E-state index in [9.17, 15) is 0 Å². The van der Waals surface area contributed by atoms with E-state index in [1.165, 1.54) is 32.4 Å². The molecule has 1 atom stereocenters. The zero-order valence-electron chi connectivity index (χ0n) is 15.7. The summed E-state index contributed by atoms with van der Waals surface area (Å²) >= 11 is 1.71. The third kappa shape index (κ3) is 6.40. The Kier molecular flexibility index (Phi) is 7.99. The van der Waals surface area contributed by atoms with Gasteiger partial charge in [-0.3, -0.25) is 4.99 Å². The van der Waals surface area contributed by atoms with E-state index in [0.717, 1.165) is 42.8 Å². The third-order valence-corrected chi connectivity index (χ3v) is 5.16. The summed E-state index contributed by atoms with van der Waals surface area (Å²) in [4.78, 5) is 14.2. The highest BCUT2D eigenvalue weighted by Gasteiger charge is 2.14. The average Bonchev–Trinajstić information content (AvgIpc) is 2.97. The number of aryl methyl sites for hydroxylation is 1. The van der Waals surface area contributed by atoms with Crippen LogP contribution >= 0.6 is 11.3 Å². The van der Waals surface area contributed by atoms with Crippen LogP contribution in [-0.4, -0.2) is 60.5 Å². The fourth-order valence-corrected chi connectivity index (χ4v) is 3.76. The molecule has 0 bridgehead atoms. The molecular formula is C18H33N5S. The van der Waals surface area contributed by atoms with Crippen molar-refractivity contribution in [3.63, 3.8) is 0 Å². The van der Waals surface area contributed by atoms with Gasteiger partial charge >= 0.3 is 0 Å². The van der Waals surface area contributed by atoms with Crippen molar-refractivity contribution in [2.24, 2.45) is 10.9 Å². The maximum atomic E-state index is 4.86. The van der Waals surface area contributed by atoms with Crippen LogP contribution in [0.25, 0.3) is 0 Å². The molecule has 0 aliphatic carbocycles. The van der Waals surface area contributed by atoms with Crippen molar-refractivity contribution in [2.45, 2.75) is 46.6 Å². The Hall–Kier alpha value is -1.14. The Morgan fingerprint density at radius 3 is 2.79 bits per heavy atom. The minimum Gasteiger partial charge on any atom is -0.357 e. The molecule has 1 N–H and O–H groups in total. The summed E-state index contributed by atoms with van der Waals surface area (Å²) in [5, 5.41) is 6.66. The monoisotopic (exact) mass is 351 g/mol. The highest BCUT2D eigenvalue weighted by atomic mass is 32.1. The average molecular weight is 352 g/mol. The second-order valence-corrected chi connectivity index (χ2v) is 7.94. The molecule has 5 nitrogen and oxygen atoms in total. The number of aromatic nitrogens is 1. The van der Waals surface area contributed by atoms with E-state index < -0.39 is 0 Å². The minimum absolute atomic E-state index is 0.590. The van der Waals surface area contributed by atoms with Crippen molar-refractivity contribution < 1.29 is 0 Å². The molecule has 136 valence electrons. The standard InChI is InChI=1S/C18H33N5S/c1-5-19-18(22(4)13-17-14-24-16(3)21-17)20-11-15(2)12-23-9-7-6-8-10-23/h14-15H,5-13H2,1-4H3,(H,19,20). The first kappa shape index (κ1) is 19.2. The maximum absolute atomic E-state index is 4.86. The van der Waals surface area contributed by atoms with Crippen molar-refractivity contribution in [1.82, 2.24) is 20.1 Å². The summed E-state index contributed by atoms with van der Waals surface area (Å²) in [5.41, 5.74) is 1.12. The fraction of sp³-hybridized carbons (Fsp3) is 0.778. The van der Waals surface area contributed by atoms with E-state index in [2.05, 4.69) is 53.3 Å². The Balaban J connectivity index is 1.86. The van der Waals surface area contributed by atoms with Crippen molar-refractivity contribution in [1.29, 1.82) is 0 Å². The number of nitrogens with zero attached hydrogens (tertiary/aromatic N) is 4. The Morgan fingerprint density at radius 2 is 2.17 bits per heavy atom. The number of hydrogen-bond donors (Lipinski definition) is 1. The number of thiazole rings is 1. The number of aliphatic imine (C=N–C) groups is 1. The Bertz CT molecular complexity index is 507. The zero-order chi connectivity index (χ0) is 17.4. The van der Waals surface area contributed by atoms with Crippen LogP contribution in [0.15, 0.2) is 10.4 Å². The number of piperidine rings is 1. The number of guanidine groups is 1. The molecule has 1 aromatic heterocycles. The first-order valence-electron chi connectivity index (χ1n) is 9.21. The smallest absolute Gasteiger partial charge is 0.194 e. The van der Waals surface area contributed by atoms with Crippen LogP contribution in [0.1, 0.15) is 43.8 Å². The van der Waals surface area contributed by atoms with E-state index in [1.54, 1.807) is 11.3 Å². The highest BCUT2D eigenvalue weighted by molar-refractivity contribution is 7.09. The van der Waals surface area contributed by atoms with Crippen LogP contribution in [-0.2, 0) is 6.54 Å². The van der Waals surface area contributed by atoms with Crippen molar-refractivity contribution in [3.8, 4) is 0 Å². The molecule has 1 fully saturated rings. The molecule has 6 heteroatoms. The van der Waals surface area contributed by atoms with Crippen LogP contribution in [0.2, 0.25) is 0 Å². The van der Waals surface area contributed by atoms with E-state index >= 15 is 0 Å². The molecule has 2 heterocycles. The van der Waals surface area contributed by atoms with Gasteiger partial charge in [0, 0.05) is 32.1 Å². The molecule has 0 saturated carbocycles. The van der Waals surface area contributed by atoms with Gasteiger partial charge in [0.05, 0.1) is 17.2 Å². The molecule has 0 radical (unpaired) electrons. The molecule has 24 heavy (non-hydrogen) atoms. The van der Waals surface area contributed by atoms with Crippen molar-refractivity contribution in [3.05, 3.63) is 16.1 Å². The number of hydrogen-bond acceptors (Lipinski definition) is 4. The quantitative estimate of drug-likeness (QED) is 0.606. The van der Waals surface area contributed by atoms with Gasteiger partial charge in [-0.05, 0) is 45.7 Å². The van der Waals surface area contributed by atoms with Crippen LogP contribution in [0.5, 0.6) is 0 Å². The van der Waals surface area contributed by atoms with Crippen LogP contribution in [0.3, 0.4) is 0 Å². The SMILES string of the molecule is CCNC(=NCC(C)CN1CCCCC1)N(C)Cc1csc(C)n1. The number of likely N-dealkylation sites (tertiary alicyclic amines) is 1. The van der Waals surface area contributed by atoms with Crippen LogP contribution in [0, 0.1) is 12.8 Å². The van der Waals surface area contributed by atoms with Crippen LogP contribution < -0.4 is 5.32 Å². The number of rotatable bonds is 7. The number of nitrogens with one attached hydrogen (secondary N) is 1. The molecule has 0 spiro atoms. The molecule has 0 amide bonds. The molecule has 1 saturated heterocycles. The molecule has 0 aromatic carbocycles. The molecule has 1 aliphatic rings. The predicted octanol–water partition coefficient (Wildman–Crippen LogP) is 2.97. The van der Waals surface area contributed by atoms with Gasteiger partial charge in [0.15, 0.2) is 5.96 Å². The summed E-state index contributed by atoms with van der Waals surface area (Å²) in [6.07, 6.45) is 4.11. The lowest BCUT2D eigenvalue weighted by molar-refractivity contribution is 0.202. The van der Waals surface area contributed by atoms with Crippen LogP contribution in [0.4, 0.5) is 0 Å². The van der Waals surface area contributed by atoms with Gasteiger partial charge in [0.2, 0.25) is 0 Å². The first-order valence-corrected chi connectivity index (χ1v) is 10.1. The van der Waals surface area contributed by atoms with Crippen molar-refractivity contribution >= 4 is 17.3 Å². The summed E-state index contributed by atoms with van der Waals surface area (Å²) in [7, 11) is 2.09. The third-order valence-electron chi connectivity index (χ3n) is 4.33. The molecule has 1 unspecified atom stereocenters. The lowest BCUT2D eigenvalue weighted by Gasteiger charge is -2.29. The minimum atomic E-state index is 0.590. The molecular weight excluding hydrogens is 318 g/mol. The van der Waals surface area contributed by atoms with Gasteiger partial charge < -0.3 is 15.1 Å². The summed E-state index contributed by atoms with van der Waals surface area (Å²) in [6.45, 7) is 12.7. The summed E-state index contributed by atoms with van der Waals surface area (Å²) in [5.74, 6) is 1.57. The Labute approximate surface area is 151 Å². The fourth-order valence-electron chi connectivity index (χ4n) is 3.15. The molecule has 2 rings (SSSR count). The second-order valence-electron chi connectivity index (χ2n) is 6.87. The predicted molar refractivity (Wildman–Crippen MR) is 104 cm³/mol. The van der Waals surface area contributed by atoms with E-state index in [0.29, 0.717) is 5.92 Å². The van der Waals surface area contributed by atoms with Gasteiger partial charge in [-0.25, -0.2) is 4.98 Å². The Morgan fingerprint density at radius 1 is 1.42 bits per heavy atom. The van der Waals surface area contributed by atoms with Gasteiger partial charge in [0.25, 0.3) is 0 Å². The largest absolute Gasteiger partial charge is 0.357 e. The maximum Gasteiger partial charge on any atom is 0.194 e.